The maximum Gasteiger partial charge on any atom is 0.328 e. The fraction of sp³-hybridized carbons (Fsp3) is 0.500. The molecule has 1 unspecified atom stereocenters. The highest BCUT2D eigenvalue weighted by molar-refractivity contribution is 7.11. The van der Waals surface area contributed by atoms with Gasteiger partial charge in [-0.3, -0.25) is 4.79 Å². The van der Waals surface area contributed by atoms with Crippen molar-refractivity contribution in [3.05, 3.63) is 16.1 Å². The summed E-state index contributed by atoms with van der Waals surface area (Å²) in [5, 5.41) is 2.56. The molecule has 1 atom stereocenters. The highest BCUT2D eigenvalue weighted by atomic mass is 32.1. The summed E-state index contributed by atoms with van der Waals surface area (Å²) in [5.41, 5.74) is 2.26. The third kappa shape index (κ3) is 3.03. The Morgan fingerprint density at radius 1 is 1.62 bits per heavy atom. The predicted molar refractivity (Wildman–Crippen MR) is 60.4 cm³/mol. The van der Waals surface area contributed by atoms with Crippen LogP contribution >= 0.6 is 11.3 Å². The SMILES string of the molecule is CCOC(=O)C(C)NC(=O)c1scnc1C. The molecule has 0 fully saturated rings. The van der Waals surface area contributed by atoms with Gasteiger partial charge in [-0.05, 0) is 20.8 Å². The fourth-order valence-corrected chi connectivity index (χ4v) is 1.81. The maximum absolute atomic E-state index is 11.7. The number of aromatic nitrogens is 1. The Balaban J connectivity index is 2.58. The van der Waals surface area contributed by atoms with E-state index in [0.29, 0.717) is 17.2 Å². The molecule has 1 heterocycles. The van der Waals surface area contributed by atoms with Crippen molar-refractivity contribution >= 4 is 23.2 Å². The molecule has 1 N–H and O–H groups in total. The molecule has 5 nitrogen and oxygen atoms in total. The average Bonchev–Trinajstić information content (AvgIpc) is 2.64. The van der Waals surface area contributed by atoms with Gasteiger partial charge in [-0.15, -0.1) is 11.3 Å². The summed E-state index contributed by atoms with van der Waals surface area (Å²) in [6.07, 6.45) is 0. The van der Waals surface area contributed by atoms with E-state index in [1.54, 1.807) is 26.3 Å². The zero-order chi connectivity index (χ0) is 12.1. The van der Waals surface area contributed by atoms with Crippen LogP contribution in [0.15, 0.2) is 5.51 Å². The molecular weight excluding hydrogens is 228 g/mol. The van der Waals surface area contributed by atoms with Crippen LogP contribution in [0.2, 0.25) is 0 Å². The van der Waals surface area contributed by atoms with Gasteiger partial charge in [-0.2, -0.15) is 0 Å². The number of thiazole rings is 1. The molecule has 1 aromatic heterocycles. The Bertz CT molecular complexity index is 389. The van der Waals surface area contributed by atoms with Crippen molar-refractivity contribution in [2.45, 2.75) is 26.8 Å². The molecule has 6 heteroatoms. The summed E-state index contributed by atoms with van der Waals surface area (Å²) in [6.45, 7) is 5.37. The van der Waals surface area contributed by atoms with Crippen LogP contribution in [0.4, 0.5) is 0 Å². The number of esters is 1. The van der Waals surface area contributed by atoms with Crippen molar-refractivity contribution in [1.82, 2.24) is 10.3 Å². The quantitative estimate of drug-likeness (QED) is 0.804. The Morgan fingerprint density at radius 2 is 2.31 bits per heavy atom. The summed E-state index contributed by atoms with van der Waals surface area (Å²) in [5.74, 6) is -0.724. The van der Waals surface area contributed by atoms with E-state index >= 15 is 0 Å². The lowest BCUT2D eigenvalue weighted by Gasteiger charge is -2.11. The molecule has 0 spiro atoms. The van der Waals surface area contributed by atoms with Crippen molar-refractivity contribution in [2.75, 3.05) is 6.61 Å². The summed E-state index contributed by atoms with van der Waals surface area (Å²) >= 11 is 1.25. The van der Waals surface area contributed by atoms with Crippen LogP contribution in [0, 0.1) is 6.92 Å². The number of hydrogen-bond acceptors (Lipinski definition) is 5. The summed E-state index contributed by atoms with van der Waals surface area (Å²) in [7, 11) is 0. The molecule has 0 aliphatic rings. The number of carbonyl (C=O) groups excluding carboxylic acids is 2. The first kappa shape index (κ1) is 12.6. The molecule has 16 heavy (non-hydrogen) atoms. The predicted octanol–water partition coefficient (Wildman–Crippen LogP) is 1.13. The van der Waals surface area contributed by atoms with Gasteiger partial charge in [0, 0.05) is 0 Å². The van der Waals surface area contributed by atoms with E-state index in [9.17, 15) is 9.59 Å². The van der Waals surface area contributed by atoms with Crippen molar-refractivity contribution in [1.29, 1.82) is 0 Å². The molecule has 0 aromatic carbocycles. The summed E-state index contributed by atoms with van der Waals surface area (Å²) < 4.78 is 4.79. The largest absolute Gasteiger partial charge is 0.464 e. The molecule has 0 bridgehead atoms. The standard InChI is InChI=1S/C10H14N2O3S/c1-4-15-10(14)7(3)12-9(13)8-6(2)11-5-16-8/h5,7H,4H2,1-3H3,(H,12,13). The minimum Gasteiger partial charge on any atom is -0.464 e. The van der Waals surface area contributed by atoms with E-state index in [1.807, 2.05) is 0 Å². The number of nitrogens with zero attached hydrogens (tertiary/aromatic N) is 1. The summed E-state index contributed by atoms with van der Waals surface area (Å²) in [6, 6.07) is -0.644. The molecule has 1 amide bonds. The Hall–Kier alpha value is -1.43. The van der Waals surface area contributed by atoms with Crippen molar-refractivity contribution in [3.8, 4) is 0 Å². The van der Waals surface area contributed by atoms with Crippen molar-refractivity contribution in [3.63, 3.8) is 0 Å². The third-order valence-electron chi connectivity index (χ3n) is 1.94. The monoisotopic (exact) mass is 242 g/mol. The topological polar surface area (TPSA) is 68.3 Å². The van der Waals surface area contributed by atoms with Crippen LogP contribution in [-0.2, 0) is 9.53 Å². The number of aryl methyl sites for hydroxylation is 1. The fourth-order valence-electron chi connectivity index (χ4n) is 1.11. The van der Waals surface area contributed by atoms with Gasteiger partial charge in [0.05, 0.1) is 17.8 Å². The number of hydrogen-bond donors (Lipinski definition) is 1. The van der Waals surface area contributed by atoms with Crippen LogP contribution in [-0.4, -0.2) is 29.5 Å². The Morgan fingerprint density at radius 3 is 2.81 bits per heavy atom. The average molecular weight is 242 g/mol. The van der Waals surface area contributed by atoms with Gasteiger partial charge < -0.3 is 10.1 Å². The smallest absolute Gasteiger partial charge is 0.328 e. The van der Waals surface area contributed by atoms with Gasteiger partial charge in [0.25, 0.3) is 5.91 Å². The normalized spacial score (nSPS) is 11.9. The molecule has 0 aliphatic carbocycles. The van der Waals surface area contributed by atoms with E-state index in [-0.39, 0.29) is 5.91 Å². The Labute approximate surface area is 97.8 Å². The second-order valence-electron chi connectivity index (χ2n) is 3.21. The second-order valence-corrected chi connectivity index (χ2v) is 4.07. The molecule has 0 radical (unpaired) electrons. The highest BCUT2D eigenvalue weighted by Gasteiger charge is 2.19. The Kier molecular flexibility index (Phi) is 4.42. The molecule has 0 aliphatic heterocycles. The first-order chi connectivity index (χ1) is 7.56. The third-order valence-corrected chi connectivity index (χ3v) is 2.87. The number of ether oxygens (including phenoxy) is 1. The van der Waals surface area contributed by atoms with E-state index in [4.69, 9.17) is 4.74 Å². The minimum absolute atomic E-state index is 0.291. The van der Waals surface area contributed by atoms with Gasteiger partial charge in [0.15, 0.2) is 0 Å². The second kappa shape index (κ2) is 5.60. The van der Waals surface area contributed by atoms with Crippen LogP contribution in [0.25, 0.3) is 0 Å². The molecule has 0 saturated heterocycles. The van der Waals surface area contributed by atoms with Gasteiger partial charge >= 0.3 is 5.97 Å². The van der Waals surface area contributed by atoms with Gasteiger partial charge in [0.1, 0.15) is 10.9 Å². The zero-order valence-electron chi connectivity index (χ0n) is 9.44. The molecule has 0 saturated carbocycles. The van der Waals surface area contributed by atoms with Crippen molar-refractivity contribution in [2.24, 2.45) is 0 Å². The van der Waals surface area contributed by atoms with Gasteiger partial charge in [-0.25, -0.2) is 9.78 Å². The first-order valence-corrected chi connectivity index (χ1v) is 5.81. The van der Waals surface area contributed by atoms with Crippen LogP contribution < -0.4 is 5.32 Å². The van der Waals surface area contributed by atoms with Crippen LogP contribution in [0.5, 0.6) is 0 Å². The molecular formula is C10H14N2O3S. The molecule has 1 aromatic rings. The van der Waals surface area contributed by atoms with Crippen LogP contribution in [0.1, 0.15) is 29.2 Å². The minimum atomic E-state index is -0.644. The van der Waals surface area contributed by atoms with E-state index in [1.165, 1.54) is 11.3 Å². The number of amides is 1. The van der Waals surface area contributed by atoms with Gasteiger partial charge in [-0.1, -0.05) is 0 Å². The van der Waals surface area contributed by atoms with E-state index < -0.39 is 12.0 Å². The lowest BCUT2D eigenvalue weighted by molar-refractivity contribution is -0.144. The molecule has 88 valence electrons. The van der Waals surface area contributed by atoms with Crippen molar-refractivity contribution < 1.29 is 14.3 Å². The lowest BCUT2D eigenvalue weighted by atomic mass is 10.3. The maximum atomic E-state index is 11.7. The van der Waals surface area contributed by atoms with Gasteiger partial charge in [0.2, 0.25) is 0 Å². The number of nitrogens with one attached hydrogen (secondary N) is 1. The number of rotatable bonds is 4. The highest BCUT2D eigenvalue weighted by Crippen LogP contribution is 2.11. The summed E-state index contributed by atoms with van der Waals surface area (Å²) in [4.78, 5) is 27.5. The first-order valence-electron chi connectivity index (χ1n) is 4.93. The number of carbonyl (C=O) groups is 2. The van der Waals surface area contributed by atoms with E-state index in [0.717, 1.165) is 0 Å². The zero-order valence-corrected chi connectivity index (χ0v) is 10.3. The molecule has 1 rings (SSSR count). The van der Waals surface area contributed by atoms with Crippen LogP contribution in [0.3, 0.4) is 0 Å². The lowest BCUT2D eigenvalue weighted by Crippen LogP contribution is -2.39. The van der Waals surface area contributed by atoms with E-state index in [2.05, 4.69) is 10.3 Å².